The summed E-state index contributed by atoms with van der Waals surface area (Å²) in [5.41, 5.74) is 6.54. The van der Waals surface area contributed by atoms with Crippen molar-refractivity contribution < 1.29 is 23.9 Å². The fourth-order valence-corrected chi connectivity index (χ4v) is 2.68. The van der Waals surface area contributed by atoms with Crippen LogP contribution in [0.3, 0.4) is 0 Å². The lowest BCUT2D eigenvalue weighted by molar-refractivity contribution is -0.131. The number of ketones is 1. The van der Waals surface area contributed by atoms with Gasteiger partial charge in [0.15, 0.2) is 19.0 Å². The largest absolute Gasteiger partial charge is 0.484 e. The van der Waals surface area contributed by atoms with E-state index in [2.05, 4.69) is 10.9 Å². The second kappa shape index (κ2) is 10.6. The van der Waals surface area contributed by atoms with E-state index in [0.717, 1.165) is 5.56 Å². The number of hydrogen-bond acceptors (Lipinski definition) is 5. The molecule has 0 radical (unpaired) electrons. The molecule has 7 nitrogen and oxygen atoms in total. The van der Waals surface area contributed by atoms with Gasteiger partial charge in [-0.15, -0.1) is 0 Å². The van der Waals surface area contributed by atoms with E-state index in [1.807, 2.05) is 31.2 Å². The fraction of sp³-hybridized carbons (Fsp3) is 0.125. The molecule has 0 fully saturated rings. The molecular formula is C24H22N2O5. The molecule has 7 heteroatoms. The standard InChI is InChI=1S/C24H22N2O5/c1-17-7-5-6-10-21(17)31-16-23(28)26-25-22(27)15-30-20-13-11-19(12-14-20)24(29)18-8-3-2-4-9-18/h2-14H,15-16H2,1H3,(H,25,27)(H,26,28). The molecule has 3 rings (SSSR count). The Morgan fingerprint density at radius 3 is 1.87 bits per heavy atom. The van der Waals surface area contributed by atoms with Gasteiger partial charge in [0, 0.05) is 11.1 Å². The van der Waals surface area contributed by atoms with Crippen molar-refractivity contribution in [3.8, 4) is 11.5 Å². The zero-order valence-corrected chi connectivity index (χ0v) is 17.0. The first-order chi connectivity index (χ1) is 15.0. The summed E-state index contributed by atoms with van der Waals surface area (Å²) in [5, 5.41) is 0. The van der Waals surface area contributed by atoms with Crippen LogP contribution in [0.1, 0.15) is 21.5 Å². The lowest BCUT2D eigenvalue weighted by Crippen LogP contribution is -2.45. The highest BCUT2D eigenvalue weighted by molar-refractivity contribution is 6.09. The molecule has 31 heavy (non-hydrogen) atoms. The topological polar surface area (TPSA) is 93.7 Å². The van der Waals surface area contributed by atoms with Gasteiger partial charge in [0.05, 0.1) is 0 Å². The summed E-state index contributed by atoms with van der Waals surface area (Å²) in [5.74, 6) is -0.106. The first-order valence-electron chi connectivity index (χ1n) is 9.61. The van der Waals surface area contributed by atoms with E-state index in [-0.39, 0.29) is 19.0 Å². The van der Waals surface area contributed by atoms with Gasteiger partial charge in [-0.05, 0) is 42.8 Å². The highest BCUT2D eigenvalue weighted by Gasteiger charge is 2.10. The molecule has 2 amide bonds. The Hall–Kier alpha value is -4.13. The zero-order valence-electron chi connectivity index (χ0n) is 17.0. The highest BCUT2D eigenvalue weighted by atomic mass is 16.5. The van der Waals surface area contributed by atoms with Crippen LogP contribution in [0, 0.1) is 6.92 Å². The maximum absolute atomic E-state index is 12.4. The van der Waals surface area contributed by atoms with Crippen LogP contribution in [0.4, 0.5) is 0 Å². The van der Waals surface area contributed by atoms with Crippen molar-refractivity contribution in [3.05, 3.63) is 95.6 Å². The van der Waals surface area contributed by atoms with Crippen LogP contribution in [0.15, 0.2) is 78.9 Å². The van der Waals surface area contributed by atoms with Crippen molar-refractivity contribution in [2.45, 2.75) is 6.92 Å². The smallest absolute Gasteiger partial charge is 0.276 e. The Morgan fingerprint density at radius 2 is 1.23 bits per heavy atom. The molecule has 158 valence electrons. The fourth-order valence-electron chi connectivity index (χ4n) is 2.68. The van der Waals surface area contributed by atoms with Gasteiger partial charge < -0.3 is 9.47 Å². The number of benzene rings is 3. The Bertz CT molecular complexity index is 1050. The molecular weight excluding hydrogens is 396 g/mol. The van der Waals surface area contributed by atoms with Gasteiger partial charge in [-0.3, -0.25) is 25.2 Å². The SMILES string of the molecule is Cc1ccccc1OCC(=O)NNC(=O)COc1ccc(C(=O)c2ccccc2)cc1. The van der Waals surface area contributed by atoms with Crippen molar-refractivity contribution in [2.75, 3.05) is 13.2 Å². The predicted molar refractivity (Wildman–Crippen MR) is 115 cm³/mol. The van der Waals surface area contributed by atoms with Crippen molar-refractivity contribution in [1.82, 2.24) is 10.9 Å². The third-order valence-electron chi connectivity index (χ3n) is 4.32. The zero-order chi connectivity index (χ0) is 22.1. The van der Waals surface area contributed by atoms with Crippen molar-refractivity contribution >= 4 is 17.6 Å². The summed E-state index contributed by atoms with van der Waals surface area (Å²) in [6.45, 7) is 1.34. The molecule has 0 aliphatic carbocycles. The number of ether oxygens (including phenoxy) is 2. The van der Waals surface area contributed by atoms with E-state index in [1.54, 1.807) is 54.6 Å². The number of rotatable bonds is 8. The van der Waals surface area contributed by atoms with Gasteiger partial charge in [-0.25, -0.2) is 0 Å². The normalized spacial score (nSPS) is 10.1. The summed E-state index contributed by atoms with van der Waals surface area (Å²) in [4.78, 5) is 36.0. The Labute approximate surface area is 180 Å². The molecule has 0 saturated carbocycles. The van der Waals surface area contributed by atoms with E-state index in [0.29, 0.717) is 22.6 Å². The van der Waals surface area contributed by atoms with E-state index in [1.165, 1.54) is 0 Å². The van der Waals surface area contributed by atoms with Crippen molar-refractivity contribution in [3.63, 3.8) is 0 Å². The second-order valence-corrected chi connectivity index (χ2v) is 6.66. The van der Waals surface area contributed by atoms with Crippen LogP contribution in [-0.2, 0) is 9.59 Å². The number of carbonyl (C=O) groups excluding carboxylic acids is 3. The minimum Gasteiger partial charge on any atom is -0.484 e. The summed E-state index contributed by atoms with van der Waals surface area (Å²) in [6.07, 6.45) is 0. The average Bonchev–Trinajstić information content (AvgIpc) is 2.81. The van der Waals surface area contributed by atoms with E-state index in [9.17, 15) is 14.4 Å². The molecule has 3 aromatic rings. The van der Waals surface area contributed by atoms with Crippen molar-refractivity contribution in [2.24, 2.45) is 0 Å². The van der Waals surface area contributed by atoms with Crippen LogP contribution in [-0.4, -0.2) is 30.8 Å². The summed E-state index contributed by atoms with van der Waals surface area (Å²) in [7, 11) is 0. The lowest BCUT2D eigenvalue weighted by atomic mass is 10.0. The van der Waals surface area contributed by atoms with Crippen LogP contribution in [0.2, 0.25) is 0 Å². The first-order valence-corrected chi connectivity index (χ1v) is 9.61. The number of aryl methyl sites for hydroxylation is 1. The molecule has 0 aliphatic heterocycles. The van der Waals surface area contributed by atoms with Gasteiger partial charge in [-0.1, -0.05) is 48.5 Å². The Balaban J connectivity index is 1.40. The molecule has 0 unspecified atom stereocenters. The van der Waals surface area contributed by atoms with Gasteiger partial charge in [0.2, 0.25) is 0 Å². The van der Waals surface area contributed by atoms with Crippen LogP contribution in [0.25, 0.3) is 0 Å². The predicted octanol–water partition coefficient (Wildman–Crippen LogP) is 2.83. The first kappa shape index (κ1) is 21.6. The van der Waals surface area contributed by atoms with E-state index in [4.69, 9.17) is 9.47 Å². The van der Waals surface area contributed by atoms with Gasteiger partial charge in [0.1, 0.15) is 11.5 Å². The van der Waals surface area contributed by atoms with Crippen LogP contribution < -0.4 is 20.3 Å². The minimum absolute atomic E-state index is 0.0967. The monoisotopic (exact) mass is 418 g/mol. The number of para-hydroxylation sites is 1. The Morgan fingerprint density at radius 1 is 0.677 bits per heavy atom. The molecule has 2 N–H and O–H groups in total. The van der Waals surface area contributed by atoms with Crippen LogP contribution >= 0.6 is 0 Å². The summed E-state index contributed by atoms with van der Waals surface area (Å²) >= 11 is 0. The number of hydrazine groups is 1. The third kappa shape index (κ3) is 6.43. The van der Waals surface area contributed by atoms with Gasteiger partial charge in [-0.2, -0.15) is 0 Å². The van der Waals surface area contributed by atoms with Crippen LogP contribution in [0.5, 0.6) is 11.5 Å². The molecule has 0 aromatic heterocycles. The number of nitrogens with one attached hydrogen (secondary N) is 2. The van der Waals surface area contributed by atoms with Gasteiger partial charge in [0.25, 0.3) is 11.8 Å². The molecule has 3 aromatic carbocycles. The summed E-state index contributed by atoms with van der Waals surface area (Å²) in [6, 6.07) is 22.7. The molecule has 0 heterocycles. The van der Waals surface area contributed by atoms with E-state index < -0.39 is 11.8 Å². The number of carbonyl (C=O) groups is 3. The van der Waals surface area contributed by atoms with Gasteiger partial charge >= 0.3 is 0 Å². The van der Waals surface area contributed by atoms with E-state index >= 15 is 0 Å². The second-order valence-electron chi connectivity index (χ2n) is 6.66. The average molecular weight is 418 g/mol. The molecule has 0 bridgehead atoms. The number of amides is 2. The molecule has 0 saturated heterocycles. The third-order valence-corrected chi connectivity index (χ3v) is 4.32. The quantitative estimate of drug-likeness (QED) is 0.433. The summed E-state index contributed by atoms with van der Waals surface area (Å²) < 4.78 is 10.8. The molecule has 0 spiro atoms. The van der Waals surface area contributed by atoms with Crippen molar-refractivity contribution in [1.29, 1.82) is 0 Å². The maximum Gasteiger partial charge on any atom is 0.276 e. The lowest BCUT2D eigenvalue weighted by Gasteiger charge is -2.11. The number of hydrogen-bond donors (Lipinski definition) is 2. The maximum atomic E-state index is 12.4. The highest BCUT2D eigenvalue weighted by Crippen LogP contribution is 2.16. The molecule has 0 aliphatic rings. The Kier molecular flexibility index (Phi) is 7.37. The minimum atomic E-state index is -0.534. The molecule has 0 atom stereocenters.